The number of sulfone groups is 1. The molecule has 19 heavy (non-hydrogen) atoms. The van der Waals surface area contributed by atoms with Crippen molar-refractivity contribution in [1.29, 1.82) is 5.26 Å². The zero-order valence-corrected chi connectivity index (χ0v) is 11.3. The molecule has 0 radical (unpaired) electrons. The topological polar surface area (TPSA) is 104 Å². The van der Waals surface area contributed by atoms with Gasteiger partial charge >= 0.3 is 0 Å². The monoisotopic (exact) mass is 283 g/mol. The molecule has 8 heteroatoms. The summed E-state index contributed by atoms with van der Waals surface area (Å²) in [4.78, 5) is 11.8. The van der Waals surface area contributed by atoms with Crippen molar-refractivity contribution in [3.63, 3.8) is 0 Å². The van der Waals surface area contributed by atoms with Gasteiger partial charge in [-0.3, -0.25) is 10.1 Å². The van der Waals surface area contributed by atoms with Crippen molar-refractivity contribution < 1.29 is 13.3 Å². The van der Waals surface area contributed by atoms with Gasteiger partial charge in [0.05, 0.1) is 10.7 Å². The van der Waals surface area contributed by atoms with E-state index in [1.807, 2.05) is 0 Å². The van der Waals surface area contributed by atoms with Crippen molar-refractivity contribution in [2.45, 2.75) is 0 Å². The highest BCUT2D eigenvalue weighted by Gasteiger charge is 2.16. The third-order valence-electron chi connectivity index (χ3n) is 2.54. The van der Waals surface area contributed by atoms with Crippen LogP contribution in [0.3, 0.4) is 0 Å². The summed E-state index contributed by atoms with van der Waals surface area (Å²) in [5, 5.41) is 19.6. The van der Waals surface area contributed by atoms with E-state index in [2.05, 4.69) is 0 Å². The zero-order valence-electron chi connectivity index (χ0n) is 10.5. The molecular formula is C11H13N3O4S. The summed E-state index contributed by atoms with van der Waals surface area (Å²) in [6, 6.07) is 5.91. The maximum atomic E-state index is 11.1. The number of hydrogen-bond donors (Lipinski definition) is 0. The molecular weight excluding hydrogens is 270 g/mol. The normalized spacial score (nSPS) is 10.8. The van der Waals surface area contributed by atoms with Crippen LogP contribution in [0.1, 0.15) is 5.56 Å². The average molecular weight is 283 g/mol. The number of nitriles is 1. The molecule has 0 fully saturated rings. The quantitative estimate of drug-likeness (QED) is 0.588. The number of rotatable bonds is 5. The first-order valence-corrected chi connectivity index (χ1v) is 7.38. The van der Waals surface area contributed by atoms with Crippen LogP contribution < -0.4 is 4.90 Å². The van der Waals surface area contributed by atoms with Crippen LogP contribution >= 0.6 is 0 Å². The van der Waals surface area contributed by atoms with Crippen LogP contribution in [-0.2, 0) is 9.84 Å². The molecule has 0 aromatic heterocycles. The first-order chi connectivity index (χ1) is 8.74. The third kappa shape index (κ3) is 4.22. The van der Waals surface area contributed by atoms with Gasteiger partial charge in [0.25, 0.3) is 5.69 Å². The van der Waals surface area contributed by atoms with Crippen LogP contribution in [0.25, 0.3) is 0 Å². The number of hydrogen-bond acceptors (Lipinski definition) is 6. The lowest BCUT2D eigenvalue weighted by molar-refractivity contribution is -0.385. The molecule has 0 saturated carbocycles. The fourth-order valence-corrected chi connectivity index (χ4v) is 2.04. The van der Waals surface area contributed by atoms with E-state index in [0.717, 1.165) is 6.26 Å². The Morgan fingerprint density at radius 2 is 2.11 bits per heavy atom. The number of nitro groups is 1. The number of anilines is 1. The molecule has 0 bridgehead atoms. The van der Waals surface area contributed by atoms with E-state index < -0.39 is 14.8 Å². The summed E-state index contributed by atoms with van der Waals surface area (Å²) in [6.07, 6.45) is 1.13. The first kappa shape index (κ1) is 14.9. The molecule has 0 saturated heterocycles. The van der Waals surface area contributed by atoms with E-state index in [1.54, 1.807) is 24.1 Å². The second-order valence-electron chi connectivity index (χ2n) is 4.12. The summed E-state index contributed by atoms with van der Waals surface area (Å²) < 4.78 is 22.1. The molecule has 1 aromatic rings. The molecule has 1 rings (SSSR count). The van der Waals surface area contributed by atoms with Crippen LogP contribution in [0.4, 0.5) is 11.4 Å². The lowest BCUT2D eigenvalue weighted by Crippen LogP contribution is -2.24. The Kier molecular flexibility index (Phi) is 4.45. The summed E-state index contributed by atoms with van der Waals surface area (Å²) in [7, 11) is -1.46. The minimum atomic E-state index is -3.09. The minimum Gasteiger partial charge on any atom is -0.373 e. The summed E-state index contributed by atoms with van der Waals surface area (Å²) in [6.45, 7) is 0.224. The molecule has 0 unspecified atom stereocenters. The highest BCUT2D eigenvalue weighted by atomic mass is 32.2. The van der Waals surface area contributed by atoms with Gasteiger partial charge in [-0.25, -0.2) is 8.42 Å². The summed E-state index contributed by atoms with van der Waals surface area (Å²) in [5.74, 6) is -0.0443. The molecule has 7 nitrogen and oxygen atoms in total. The number of nitrogens with zero attached hydrogens (tertiary/aromatic N) is 3. The zero-order chi connectivity index (χ0) is 14.6. The van der Waals surface area contributed by atoms with E-state index in [9.17, 15) is 18.5 Å². The van der Waals surface area contributed by atoms with Crippen LogP contribution in [0.5, 0.6) is 0 Å². The van der Waals surface area contributed by atoms with Gasteiger partial charge in [0, 0.05) is 31.6 Å². The fraction of sp³-hybridized carbons (Fsp3) is 0.364. The smallest absolute Gasteiger partial charge is 0.289 e. The van der Waals surface area contributed by atoms with Gasteiger partial charge in [-0.1, -0.05) is 0 Å². The Morgan fingerprint density at radius 3 is 2.58 bits per heavy atom. The second kappa shape index (κ2) is 5.67. The summed E-state index contributed by atoms with van der Waals surface area (Å²) in [5.41, 5.74) is 0.186. The van der Waals surface area contributed by atoms with Gasteiger partial charge in [-0.05, 0) is 12.1 Å². The van der Waals surface area contributed by atoms with Crippen molar-refractivity contribution in [1.82, 2.24) is 0 Å². The van der Waals surface area contributed by atoms with E-state index in [-0.39, 0.29) is 23.5 Å². The Balaban J connectivity index is 2.99. The largest absolute Gasteiger partial charge is 0.373 e. The van der Waals surface area contributed by atoms with Crippen molar-refractivity contribution in [2.24, 2.45) is 0 Å². The van der Waals surface area contributed by atoms with Gasteiger partial charge in [0.15, 0.2) is 0 Å². The highest BCUT2D eigenvalue weighted by Crippen LogP contribution is 2.24. The second-order valence-corrected chi connectivity index (χ2v) is 6.38. The Hall–Kier alpha value is -2.14. The van der Waals surface area contributed by atoms with E-state index in [1.165, 1.54) is 12.1 Å². The minimum absolute atomic E-state index is 0.0229. The van der Waals surface area contributed by atoms with Crippen molar-refractivity contribution in [3.8, 4) is 6.07 Å². The Labute approximate surface area is 111 Å². The molecule has 0 heterocycles. The Bertz CT molecular complexity index is 634. The summed E-state index contributed by atoms with van der Waals surface area (Å²) >= 11 is 0. The molecule has 0 atom stereocenters. The predicted octanol–water partition coefficient (Wildman–Crippen LogP) is 0.947. The standard InChI is InChI=1S/C11H13N3O4S/c1-13(5-6-19(2,17)18)10-4-3-9(8-12)11(7-10)14(15)16/h3-4,7H,5-6H2,1-2H3. The fourth-order valence-electron chi connectivity index (χ4n) is 1.43. The maximum Gasteiger partial charge on any atom is 0.289 e. The SMILES string of the molecule is CN(CCS(C)(=O)=O)c1ccc(C#N)c([N+](=O)[O-])c1. The molecule has 0 amide bonds. The maximum absolute atomic E-state index is 11.1. The lowest BCUT2D eigenvalue weighted by atomic mass is 10.1. The van der Waals surface area contributed by atoms with Crippen molar-refractivity contribution >= 4 is 21.2 Å². The van der Waals surface area contributed by atoms with Crippen LogP contribution in [0, 0.1) is 21.4 Å². The van der Waals surface area contributed by atoms with Crippen molar-refractivity contribution in [2.75, 3.05) is 30.5 Å². The molecule has 0 spiro atoms. The molecule has 0 N–H and O–H groups in total. The van der Waals surface area contributed by atoms with Crippen molar-refractivity contribution in [3.05, 3.63) is 33.9 Å². The van der Waals surface area contributed by atoms with Gasteiger partial charge in [-0.15, -0.1) is 0 Å². The van der Waals surface area contributed by atoms with E-state index >= 15 is 0 Å². The van der Waals surface area contributed by atoms with Gasteiger partial charge in [0.1, 0.15) is 21.5 Å². The number of benzene rings is 1. The van der Waals surface area contributed by atoms with Crippen LogP contribution in [-0.4, -0.2) is 38.9 Å². The predicted molar refractivity (Wildman–Crippen MR) is 70.8 cm³/mol. The lowest BCUT2D eigenvalue weighted by Gasteiger charge is -2.18. The van der Waals surface area contributed by atoms with Crippen LogP contribution in [0.2, 0.25) is 0 Å². The molecule has 1 aromatic carbocycles. The van der Waals surface area contributed by atoms with Gasteiger partial charge in [0.2, 0.25) is 0 Å². The van der Waals surface area contributed by atoms with E-state index in [4.69, 9.17) is 5.26 Å². The Morgan fingerprint density at radius 1 is 1.47 bits per heavy atom. The van der Waals surface area contributed by atoms with Gasteiger partial charge in [-0.2, -0.15) is 5.26 Å². The van der Waals surface area contributed by atoms with E-state index in [0.29, 0.717) is 5.69 Å². The van der Waals surface area contributed by atoms with Gasteiger partial charge < -0.3 is 4.90 Å². The number of nitro benzene ring substituents is 1. The molecule has 0 aliphatic carbocycles. The first-order valence-electron chi connectivity index (χ1n) is 5.32. The molecule has 0 aliphatic rings. The molecule has 102 valence electrons. The average Bonchev–Trinajstić information content (AvgIpc) is 2.34. The molecule has 0 aliphatic heterocycles. The third-order valence-corrected chi connectivity index (χ3v) is 3.46. The van der Waals surface area contributed by atoms with Crippen LogP contribution in [0.15, 0.2) is 18.2 Å². The highest BCUT2D eigenvalue weighted by molar-refractivity contribution is 7.90.